The molecule has 0 fully saturated rings. The van der Waals surface area contributed by atoms with Crippen molar-refractivity contribution in [1.82, 2.24) is 0 Å². The molecule has 0 aliphatic rings. The molecule has 0 saturated heterocycles. The molecule has 2 N–H and O–H groups in total. The molecule has 0 aromatic heterocycles. The van der Waals surface area contributed by atoms with E-state index < -0.39 is 0 Å². The fourth-order valence-electron chi connectivity index (χ4n) is 0.478. The highest BCUT2D eigenvalue weighted by Gasteiger charge is 1.80. The van der Waals surface area contributed by atoms with Gasteiger partial charge in [0.15, 0.2) is 0 Å². The molecule has 1 nitrogen and oxygen atoms in total. The molecular weight excluding hydrogens is 96.9 g/mol. The van der Waals surface area contributed by atoms with Gasteiger partial charge in [-0.25, -0.2) is 0 Å². The number of nitrogens with two attached hydrogens (primary N) is 1. The molecule has 2 heteroatoms. The van der Waals surface area contributed by atoms with Crippen LogP contribution >= 0.6 is 0 Å². The highest BCUT2D eigenvalue weighted by Crippen LogP contribution is 1.87. The topological polar surface area (TPSA) is 26.0 Å². The summed E-state index contributed by atoms with van der Waals surface area (Å²) in [5.41, 5.74) is 5.45. The van der Waals surface area contributed by atoms with E-state index in [-0.39, 0.29) is 5.94 Å². The van der Waals surface area contributed by atoms with Crippen LogP contribution in [-0.4, -0.2) is 13.8 Å². The van der Waals surface area contributed by atoms with Gasteiger partial charge in [0.05, 0.1) is 0 Å². The summed E-state index contributed by atoms with van der Waals surface area (Å²) in [7, 11) is 1.98. The Kier molecular flexibility index (Phi) is 4.77. The molecule has 46 valence electrons. The van der Waals surface area contributed by atoms with Crippen molar-refractivity contribution in [3.05, 3.63) is 12.2 Å². The van der Waals surface area contributed by atoms with Gasteiger partial charge in [0, 0.05) is 0 Å². The summed E-state index contributed by atoms with van der Waals surface area (Å²) < 4.78 is 0. The standard InChI is InChI=1S/C6H14BN/c1-2-3-4-5-6(7)8/h4-6H,2-3,7-8H2,1H3/b5-4-. The summed E-state index contributed by atoms with van der Waals surface area (Å²) in [6.07, 6.45) is 6.53. The zero-order valence-electron chi connectivity index (χ0n) is 5.72. The van der Waals surface area contributed by atoms with E-state index in [9.17, 15) is 0 Å². The second kappa shape index (κ2) is 4.91. The van der Waals surface area contributed by atoms with Crippen molar-refractivity contribution in [2.75, 3.05) is 0 Å². The number of hydrogen-bond acceptors (Lipinski definition) is 1. The van der Waals surface area contributed by atoms with Gasteiger partial charge >= 0.3 is 0 Å². The van der Waals surface area contributed by atoms with Crippen molar-refractivity contribution >= 4 is 7.85 Å². The third kappa shape index (κ3) is 5.76. The van der Waals surface area contributed by atoms with Crippen LogP contribution < -0.4 is 5.73 Å². The Morgan fingerprint density at radius 2 is 2.38 bits per heavy atom. The third-order valence-electron chi connectivity index (χ3n) is 0.895. The molecule has 0 aromatic carbocycles. The van der Waals surface area contributed by atoms with E-state index in [0.29, 0.717) is 0 Å². The predicted molar refractivity (Wildman–Crippen MR) is 40.6 cm³/mol. The van der Waals surface area contributed by atoms with E-state index in [1.54, 1.807) is 0 Å². The van der Waals surface area contributed by atoms with Gasteiger partial charge in [0.2, 0.25) is 0 Å². The molecule has 0 radical (unpaired) electrons. The van der Waals surface area contributed by atoms with Crippen LogP contribution in [0.15, 0.2) is 12.2 Å². The second-order valence-corrected chi connectivity index (χ2v) is 2.08. The maximum Gasteiger partial charge on any atom is 0.128 e. The lowest BCUT2D eigenvalue weighted by Crippen LogP contribution is -2.15. The van der Waals surface area contributed by atoms with Gasteiger partial charge in [0.1, 0.15) is 7.85 Å². The quantitative estimate of drug-likeness (QED) is 0.410. The van der Waals surface area contributed by atoms with Crippen LogP contribution in [-0.2, 0) is 0 Å². The fraction of sp³-hybridized carbons (Fsp3) is 0.667. The normalized spacial score (nSPS) is 14.8. The van der Waals surface area contributed by atoms with Crippen LogP contribution in [0.3, 0.4) is 0 Å². The van der Waals surface area contributed by atoms with Crippen molar-refractivity contribution in [2.45, 2.75) is 25.7 Å². The van der Waals surface area contributed by atoms with Crippen molar-refractivity contribution in [2.24, 2.45) is 5.73 Å². The summed E-state index contributed by atoms with van der Waals surface area (Å²) in [4.78, 5) is 0. The maximum absolute atomic E-state index is 5.45. The van der Waals surface area contributed by atoms with Crippen LogP contribution in [0.2, 0.25) is 0 Å². The van der Waals surface area contributed by atoms with Crippen LogP contribution in [0.5, 0.6) is 0 Å². The lowest BCUT2D eigenvalue weighted by molar-refractivity contribution is 0.949. The Balaban J connectivity index is 3.07. The molecule has 0 aliphatic heterocycles. The van der Waals surface area contributed by atoms with Gasteiger partial charge in [-0.15, -0.1) is 0 Å². The Bertz CT molecular complexity index is 68.9. The van der Waals surface area contributed by atoms with E-state index in [0.717, 1.165) is 6.42 Å². The van der Waals surface area contributed by atoms with Gasteiger partial charge in [-0.05, 0) is 12.4 Å². The molecule has 0 heterocycles. The number of allylic oxidation sites excluding steroid dienone is 1. The second-order valence-electron chi connectivity index (χ2n) is 2.08. The van der Waals surface area contributed by atoms with Gasteiger partial charge < -0.3 is 5.73 Å². The maximum atomic E-state index is 5.45. The molecule has 0 aliphatic carbocycles. The van der Waals surface area contributed by atoms with Crippen LogP contribution in [0.25, 0.3) is 0 Å². The molecule has 8 heavy (non-hydrogen) atoms. The van der Waals surface area contributed by atoms with E-state index in [1.807, 2.05) is 13.9 Å². The Morgan fingerprint density at radius 3 is 2.75 bits per heavy atom. The molecule has 0 spiro atoms. The van der Waals surface area contributed by atoms with Crippen LogP contribution in [0, 0.1) is 0 Å². The molecular formula is C6H14BN. The van der Waals surface area contributed by atoms with Crippen LogP contribution in [0.1, 0.15) is 19.8 Å². The molecule has 0 saturated carbocycles. The van der Waals surface area contributed by atoms with Crippen molar-refractivity contribution in [1.29, 1.82) is 0 Å². The molecule has 0 rings (SSSR count). The van der Waals surface area contributed by atoms with Gasteiger partial charge in [-0.1, -0.05) is 25.5 Å². The minimum Gasteiger partial charge on any atom is -0.332 e. The van der Waals surface area contributed by atoms with Crippen molar-refractivity contribution in [3.63, 3.8) is 0 Å². The van der Waals surface area contributed by atoms with Crippen LogP contribution in [0.4, 0.5) is 0 Å². The van der Waals surface area contributed by atoms with E-state index in [2.05, 4.69) is 13.0 Å². The first-order valence-electron chi connectivity index (χ1n) is 3.19. The number of hydrogen-bond donors (Lipinski definition) is 1. The lowest BCUT2D eigenvalue weighted by Gasteiger charge is -1.91. The fourth-order valence-corrected chi connectivity index (χ4v) is 0.478. The zero-order valence-corrected chi connectivity index (χ0v) is 5.72. The number of unbranched alkanes of at least 4 members (excludes halogenated alkanes) is 1. The molecule has 1 unspecified atom stereocenters. The minimum atomic E-state index is 0.224. The average Bonchev–Trinajstić information content (AvgIpc) is 1.66. The zero-order chi connectivity index (χ0) is 6.41. The first-order chi connectivity index (χ1) is 3.77. The average molecular weight is 111 g/mol. The van der Waals surface area contributed by atoms with Gasteiger partial charge in [-0.2, -0.15) is 0 Å². The Labute approximate surface area is 52.4 Å². The molecule has 0 aromatic rings. The van der Waals surface area contributed by atoms with Crippen molar-refractivity contribution < 1.29 is 0 Å². The third-order valence-corrected chi connectivity index (χ3v) is 0.895. The predicted octanol–water partition coefficient (Wildman–Crippen LogP) is 0.261. The summed E-state index contributed by atoms with van der Waals surface area (Å²) in [6.45, 7) is 2.16. The largest absolute Gasteiger partial charge is 0.332 e. The first-order valence-corrected chi connectivity index (χ1v) is 3.19. The summed E-state index contributed by atoms with van der Waals surface area (Å²) >= 11 is 0. The highest BCUT2D eigenvalue weighted by atomic mass is 14.6. The molecule has 0 amide bonds. The summed E-state index contributed by atoms with van der Waals surface area (Å²) in [5, 5.41) is 0. The smallest absolute Gasteiger partial charge is 0.128 e. The summed E-state index contributed by atoms with van der Waals surface area (Å²) in [6, 6.07) is 0. The lowest BCUT2D eigenvalue weighted by atomic mass is 9.97. The number of rotatable bonds is 3. The van der Waals surface area contributed by atoms with E-state index in [1.165, 1.54) is 6.42 Å². The van der Waals surface area contributed by atoms with Gasteiger partial charge in [-0.3, -0.25) is 0 Å². The molecule has 0 bridgehead atoms. The highest BCUT2D eigenvalue weighted by molar-refractivity contribution is 6.12. The summed E-state index contributed by atoms with van der Waals surface area (Å²) in [5.74, 6) is 0.224. The van der Waals surface area contributed by atoms with Crippen molar-refractivity contribution in [3.8, 4) is 0 Å². The Hall–Kier alpha value is -0.235. The SMILES string of the molecule is BC(N)/C=C\CCC. The monoisotopic (exact) mass is 111 g/mol. The molecule has 1 atom stereocenters. The minimum absolute atomic E-state index is 0.224. The van der Waals surface area contributed by atoms with E-state index >= 15 is 0 Å². The first kappa shape index (κ1) is 7.76. The Morgan fingerprint density at radius 1 is 1.75 bits per heavy atom. The van der Waals surface area contributed by atoms with E-state index in [4.69, 9.17) is 5.73 Å². The van der Waals surface area contributed by atoms with Gasteiger partial charge in [0.25, 0.3) is 0 Å².